The molecule has 1 saturated heterocycles. The zero-order chi connectivity index (χ0) is 19.2. The molecule has 0 spiro atoms. The fourth-order valence-electron chi connectivity index (χ4n) is 2.87. The molecule has 1 aromatic rings. The van der Waals surface area contributed by atoms with E-state index in [4.69, 9.17) is 9.47 Å². The summed E-state index contributed by atoms with van der Waals surface area (Å²) in [6, 6.07) is -0.329. The maximum Gasteiger partial charge on any atom is 0.337 e. The third-order valence-electron chi connectivity index (χ3n) is 4.23. The Hall–Kier alpha value is -2.27. The average molecular weight is 396 g/mol. The number of hydrogen-bond donors (Lipinski definition) is 2. The van der Waals surface area contributed by atoms with Crippen molar-refractivity contribution < 1.29 is 19.1 Å². The molecule has 0 saturated carbocycles. The van der Waals surface area contributed by atoms with Crippen molar-refractivity contribution >= 4 is 29.7 Å². The number of carbonyl (C=O) groups excluding carboxylic acids is 2. The van der Waals surface area contributed by atoms with Gasteiger partial charge < -0.3 is 25.0 Å². The Kier molecular flexibility index (Phi) is 6.56. The molecule has 0 aliphatic carbocycles. The third kappa shape index (κ3) is 4.53. The van der Waals surface area contributed by atoms with Crippen LogP contribution in [0.25, 0.3) is 0 Å². The van der Waals surface area contributed by atoms with E-state index in [1.807, 2.05) is 11.5 Å². The first-order valence-electron chi connectivity index (χ1n) is 8.96. The van der Waals surface area contributed by atoms with Crippen LogP contribution in [0, 0.1) is 0 Å². The molecular formula is C16H24N6O4S. The molecule has 27 heavy (non-hydrogen) atoms. The Labute approximate surface area is 161 Å². The summed E-state index contributed by atoms with van der Waals surface area (Å²) in [7, 11) is 0. The molecule has 0 unspecified atom stereocenters. The highest BCUT2D eigenvalue weighted by Crippen LogP contribution is 2.25. The molecule has 0 radical (unpaired) electrons. The summed E-state index contributed by atoms with van der Waals surface area (Å²) in [4.78, 5) is 26.0. The van der Waals surface area contributed by atoms with Gasteiger partial charge in [0.05, 0.1) is 31.9 Å². The molecule has 148 valence electrons. The van der Waals surface area contributed by atoms with Crippen LogP contribution in [0.15, 0.2) is 16.4 Å². The van der Waals surface area contributed by atoms with Crippen molar-refractivity contribution in [3.05, 3.63) is 11.3 Å². The van der Waals surface area contributed by atoms with Gasteiger partial charge in [-0.1, -0.05) is 11.8 Å². The summed E-state index contributed by atoms with van der Waals surface area (Å²) in [6.45, 7) is 7.85. The van der Waals surface area contributed by atoms with E-state index in [0.717, 1.165) is 30.7 Å². The number of anilines is 1. The van der Waals surface area contributed by atoms with Crippen molar-refractivity contribution in [3.8, 4) is 0 Å². The van der Waals surface area contributed by atoms with Crippen LogP contribution in [0.2, 0.25) is 0 Å². The standard InChI is InChI=1S/C16H24N6O4S/c1-3-22-15(21-5-7-25-8-6-21)19-20-16(22)27-10-12-11(13(23)26-4-2)9-17-14(24)18-12/h3-10H2,1-2H3,(H2,17,18,24). The second-order valence-corrected chi connectivity index (χ2v) is 6.84. The van der Waals surface area contributed by atoms with E-state index in [0.29, 0.717) is 30.2 Å². The fraction of sp³-hybridized carbons (Fsp3) is 0.625. The topological polar surface area (TPSA) is 111 Å². The number of thioether (sulfide) groups is 1. The van der Waals surface area contributed by atoms with Gasteiger partial charge in [0.15, 0.2) is 5.16 Å². The number of aromatic nitrogens is 3. The SMILES string of the molecule is CCOC(=O)C1=C(CSc2nnc(N3CCOCC3)n2CC)NC(=O)NC1. The minimum Gasteiger partial charge on any atom is -0.463 e. The predicted octanol–water partition coefficient (Wildman–Crippen LogP) is 0.357. The van der Waals surface area contributed by atoms with Gasteiger partial charge >= 0.3 is 12.0 Å². The predicted molar refractivity (Wildman–Crippen MR) is 99.6 cm³/mol. The number of amides is 2. The molecule has 10 nitrogen and oxygen atoms in total. The van der Waals surface area contributed by atoms with Gasteiger partial charge in [-0.3, -0.25) is 4.57 Å². The maximum absolute atomic E-state index is 12.1. The summed E-state index contributed by atoms with van der Waals surface area (Å²) in [5.74, 6) is 0.784. The second-order valence-electron chi connectivity index (χ2n) is 5.90. The molecule has 11 heteroatoms. The van der Waals surface area contributed by atoms with E-state index in [-0.39, 0.29) is 19.2 Å². The van der Waals surface area contributed by atoms with E-state index in [9.17, 15) is 9.59 Å². The monoisotopic (exact) mass is 396 g/mol. The second kappa shape index (κ2) is 9.09. The minimum absolute atomic E-state index is 0.153. The van der Waals surface area contributed by atoms with Crippen LogP contribution in [-0.4, -0.2) is 72.0 Å². The molecule has 2 N–H and O–H groups in total. The lowest BCUT2D eigenvalue weighted by molar-refractivity contribution is -0.138. The normalized spacial score (nSPS) is 17.6. The number of urea groups is 1. The number of carbonyl (C=O) groups is 2. The average Bonchev–Trinajstić information content (AvgIpc) is 3.10. The van der Waals surface area contributed by atoms with Crippen LogP contribution in [-0.2, 0) is 20.8 Å². The molecular weight excluding hydrogens is 372 g/mol. The Morgan fingerprint density at radius 3 is 2.78 bits per heavy atom. The van der Waals surface area contributed by atoms with Gasteiger partial charge in [-0.15, -0.1) is 10.2 Å². The highest BCUT2D eigenvalue weighted by atomic mass is 32.2. The molecule has 2 aliphatic heterocycles. The molecule has 3 rings (SSSR count). The Bertz CT molecular complexity index is 728. The van der Waals surface area contributed by atoms with Gasteiger partial charge in [0, 0.05) is 31.1 Å². The van der Waals surface area contributed by atoms with E-state index >= 15 is 0 Å². The number of rotatable bonds is 7. The zero-order valence-electron chi connectivity index (χ0n) is 15.5. The zero-order valence-corrected chi connectivity index (χ0v) is 16.3. The van der Waals surface area contributed by atoms with Gasteiger partial charge in [-0.2, -0.15) is 0 Å². The Morgan fingerprint density at radius 2 is 2.07 bits per heavy atom. The minimum atomic E-state index is -0.424. The van der Waals surface area contributed by atoms with Crippen LogP contribution in [0.1, 0.15) is 13.8 Å². The van der Waals surface area contributed by atoms with E-state index in [2.05, 4.69) is 25.7 Å². The third-order valence-corrected chi connectivity index (χ3v) is 5.22. The van der Waals surface area contributed by atoms with Gasteiger partial charge in [-0.05, 0) is 13.8 Å². The lowest BCUT2D eigenvalue weighted by Crippen LogP contribution is -2.44. The summed E-state index contributed by atoms with van der Waals surface area (Å²) >= 11 is 1.43. The first-order chi connectivity index (χ1) is 13.1. The fourth-order valence-corrected chi connectivity index (χ4v) is 3.85. The van der Waals surface area contributed by atoms with Crippen LogP contribution in [0.3, 0.4) is 0 Å². The number of morpholine rings is 1. The smallest absolute Gasteiger partial charge is 0.337 e. The number of ether oxygens (including phenoxy) is 2. The van der Waals surface area contributed by atoms with Crippen LogP contribution in [0.4, 0.5) is 10.7 Å². The summed E-state index contributed by atoms with van der Waals surface area (Å²) in [5.41, 5.74) is 0.973. The van der Waals surface area contributed by atoms with Gasteiger partial charge in [-0.25, -0.2) is 9.59 Å². The molecule has 0 bridgehead atoms. The Morgan fingerprint density at radius 1 is 1.30 bits per heavy atom. The van der Waals surface area contributed by atoms with Gasteiger partial charge in [0.25, 0.3) is 0 Å². The van der Waals surface area contributed by atoms with E-state index in [1.54, 1.807) is 6.92 Å². The highest BCUT2D eigenvalue weighted by Gasteiger charge is 2.25. The van der Waals surface area contributed by atoms with Crippen molar-refractivity contribution in [1.29, 1.82) is 0 Å². The highest BCUT2D eigenvalue weighted by molar-refractivity contribution is 7.99. The lowest BCUT2D eigenvalue weighted by atomic mass is 10.2. The van der Waals surface area contributed by atoms with Crippen molar-refractivity contribution in [2.75, 3.05) is 50.1 Å². The van der Waals surface area contributed by atoms with Crippen molar-refractivity contribution in [2.45, 2.75) is 25.5 Å². The van der Waals surface area contributed by atoms with Gasteiger partial charge in [0.2, 0.25) is 5.95 Å². The molecule has 2 aliphatic rings. The number of hydrogen-bond acceptors (Lipinski definition) is 8. The van der Waals surface area contributed by atoms with Crippen LogP contribution in [0.5, 0.6) is 0 Å². The Balaban J connectivity index is 1.75. The van der Waals surface area contributed by atoms with E-state index in [1.165, 1.54) is 11.8 Å². The largest absolute Gasteiger partial charge is 0.463 e. The number of esters is 1. The number of nitrogens with zero attached hydrogens (tertiary/aromatic N) is 4. The summed E-state index contributed by atoms with van der Waals surface area (Å²) in [6.07, 6.45) is 0. The molecule has 3 heterocycles. The molecule has 2 amide bonds. The summed E-state index contributed by atoms with van der Waals surface area (Å²) in [5, 5.41) is 14.7. The summed E-state index contributed by atoms with van der Waals surface area (Å²) < 4.78 is 12.5. The first-order valence-corrected chi connectivity index (χ1v) is 9.95. The van der Waals surface area contributed by atoms with Crippen molar-refractivity contribution in [1.82, 2.24) is 25.4 Å². The van der Waals surface area contributed by atoms with E-state index < -0.39 is 5.97 Å². The quantitative estimate of drug-likeness (QED) is 0.502. The lowest BCUT2D eigenvalue weighted by Gasteiger charge is -2.27. The number of nitrogens with one attached hydrogen (secondary N) is 2. The van der Waals surface area contributed by atoms with Crippen molar-refractivity contribution in [2.24, 2.45) is 0 Å². The van der Waals surface area contributed by atoms with Crippen LogP contribution < -0.4 is 15.5 Å². The van der Waals surface area contributed by atoms with Crippen molar-refractivity contribution in [3.63, 3.8) is 0 Å². The maximum atomic E-state index is 12.1. The molecule has 0 atom stereocenters. The molecule has 0 aromatic carbocycles. The molecule has 1 fully saturated rings. The first kappa shape index (κ1) is 19.5. The molecule has 1 aromatic heterocycles. The van der Waals surface area contributed by atoms with Crippen LogP contribution >= 0.6 is 11.8 Å². The van der Waals surface area contributed by atoms with Gasteiger partial charge in [0.1, 0.15) is 0 Å².